The number of hydrogen-bond acceptors (Lipinski definition) is 4. The zero-order valence-corrected chi connectivity index (χ0v) is 13.6. The van der Waals surface area contributed by atoms with Crippen LogP contribution in [0.15, 0.2) is 0 Å². The highest BCUT2D eigenvalue weighted by molar-refractivity contribution is 5.89. The van der Waals surface area contributed by atoms with Gasteiger partial charge in [0, 0.05) is 33.7 Å². The highest BCUT2D eigenvalue weighted by Crippen LogP contribution is 2.34. The first kappa shape index (κ1) is 16.2. The summed E-state index contributed by atoms with van der Waals surface area (Å²) in [6.45, 7) is 7.85. The van der Waals surface area contributed by atoms with Crippen molar-refractivity contribution in [2.75, 3.05) is 33.7 Å². The van der Waals surface area contributed by atoms with Crippen LogP contribution in [0.25, 0.3) is 0 Å². The summed E-state index contributed by atoms with van der Waals surface area (Å²) < 4.78 is 5.78. The average molecular weight is 297 g/mol. The van der Waals surface area contributed by atoms with Crippen molar-refractivity contribution in [3.05, 3.63) is 0 Å². The molecule has 6 nitrogen and oxygen atoms in total. The average Bonchev–Trinajstić information content (AvgIpc) is 2.70. The Hall–Kier alpha value is -1.14. The van der Waals surface area contributed by atoms with Gasteiger partial charge in [0.05, 0.1) is 18.1 Å². The molecule has 5 unspecified atom stereocenters. The molecule has 2 aliphatic heterocycles. The summed E-state index contributed by atoms with van der Waals surface area (Å²) in [5.41, 5.74) is 0. The van der Waals surface area contributed by atoms with E-state index >= 15 is 0 Å². The maximum atomic E-state index is 13.0. The predicted octanol–water partition coefficient (Wildman–Crippen LogP) is -0.0655. The van der Waals surface area contributed by atoms with E-state index in [2.05, 4.69) is 12.2 Å². The number of carbonyl (C=O) groups is 2. The Balaban J connectivity index is 2.17. The molecule has 120 valence electrons. The van der Waals surface area contributed by atoms with Gasteiger partial charge in [-0.15, -0.1) is 0 Å². The molecule has 2 saturated heterocycles. The highest BCUT2D eigenvalue weighted by Gasteiger charge is 2.45. The molecule has 2 heterocycles. The number of likely N-dealkylation sites (N-methyl/N-ethyl adjacent to an activating group) is 1. The van der Waals surface area contributed by atoms with Gasteiger partial charge >= 0.3 is 0 Å². The number of nitrogens with zero attached hydrogens (tertiary/aromatic N) is 2. The van der Waals surface area contributed by atoms with Gasteiger partial charge in [0.1, 0.15) is 6.04 Å². The summed E-state index contributed by atoms with van der Waals surface area (Å²) in [7, 11) is 3.46. The van der Waals surface area contributed by atoms with Crippen LogP contribution in [-0.4, -0.2) is 73.6 Å². The molecule has 0 aromatic heterocycles. The minimum Gasteiger partial charge on any atom is -0.374 e. The Kier molecular flexibility index (Phi) is 4.88. The molecular weight excluding hydrogens is 270 g/mol. The standard InChI is InChI=1S/C15H27N3O3/c1-9-10(2)21-11(3)13(9)15(20)18-7-6-16-8-12(18)14(19)17(4)5/h9-13,16H,6-8H2,1-5H3. The van der Waals surface area contributed by atoms with Gasteiger partial charge in [0.2, 0.25) is 11.8 Å². The number of piperazine rings is 1. The molecule has 0 radical (unpaired) electrons. The lowest BCUT2D eigenvalue weighted by molar-refractivity contribution is -0.149. The highest BCUT2D eigenvalue weighted by atomic mass is 16.5. The lowest BCUT2D eigenvalue weighted by Crippen LogP contribution is -2.61. The fourth-order valence-corrected chi connectivity index (χ4v) is 3.37. The first-order chi connectivity index (χ1) is 9.84. The largest absolute Gasteiger partial charge is 0.374 e. The molecule has 0 aromatic carbocycles. The van der Waals surface area contributed by atoms with Gasteiger partial charge in [-0.25, -0.2) is 0 Å². The van der Waals surface area contributed by atoms with Gasteiger partial charge in [-0.05, 0) is 19.8 Å². The molecule has 0 aromatic rings. The second kappa shape index (κ2) is 6.32. The third kappa shape index (κ3) is 3.06. The fraction of sp³-hybridized carbons (Fsp3) is 0.867. The van der Waals surface area contributed by atoms with Crippen molar-refractivity contribution in [1.29, 1.82) is 0 Å². The summed E-state index contributed by atoms with van der Waals surface area (Å²) in [4.78, 5) is 28.6. The molecule has 2 fully saturated rings. The Morgan fingerprint density at radius 3 is 2.38 bits per heavy atom. The van der Waals surface area contributed by atoms with Crippen LogP contribution in [0.5, 0.6) is 0 Å². The van der Waals surface area contributed by atoms with Crippen LogP contribution < -0.4 is 5.32 Å². The monoisotopic (exact) mass is 297 g/mol. The summed E-state index contributed by atoms with van der Waals surface area (Å²) in [5, 5.41) is 3.20. The van der Waals surface area contributed by atoms with Gasteiger partial charge in [-0.3, -0.25) is 9.59 Å². The van der Waals surface area contributed by atoms with Gasteiger partial charge in [-0.1, -0.05) is 6.92 Å². The van der Waals surface area contributed by atoms with Crippen LogP contribution in [0.2, 0.25) is 0 Å². The van der Waals surface area contributed by atoms with E-state index < -0.39 is 6.04 Å². The molecule has 0 saturated carbocycles. The normalized spacial score (nSPS) is 36.6. The Morgan fingerprint density at radius 1 is 1.19 bits per heavy atom. The molecule has 1 N–H and O–H groups in total. The van der Waals surface area contributed by atoms with Crippen LogP contribution in [0.3, 0.4) is 0 Å². The van der Waals surface area contributed by atoms with Crippen LogP contribution in [-0.2, 0) is 14.3 Å². The van der Waals surface area contributed by atoms with Gasteiger partial charge < -0.3 is 19.9 Å². The molecule has 0 spiro atoms. The van der Waals surface area contributed by atoms with Crippen molar-refractivity contribution in [1.82, 2.24) is 15.1 Å². The van der Waals surface area contributed by atoms with E-state index in [1.165, 1.54) is 0 Å². The SMILES string of the molecule is CC1OC(C)C(C(=O)N2CCNCC2C(=O)N(C)C)C1C. The summed E-state index contributed by atoms with van der Waals surface area (Å²) in [6.07, 6.45) is -0.00707. The first-order valence-corrected chi connectivity index (χ1v) is 7.72. The van der Waals surface area contributed by atoms with Crippen LogP contribution >= 0.6 is 0 Å². The van der Waals surface area contributed by atoms with Crippen molar-refractivity contribution < 1.29 is 14.3 Å². The molecule has 2 rings (SSSR count). The molecule has 5 atom stereocenters. The zero-order valence-electron chi connectivity index (χ0n) is 13.6. The van der Waals surface area contributed by atoms with Crippen LogP contribution in [0.4, 0.5) is 0 Å². The molecule has 2 aliphatic rings. The van der Waals surface area contributed by atoms with Crippen molar-refractivity contribution in [2.24, 2.45) is 11.8 Å². The number of nitrogens with one attached hydrogen (secondary N) is 1. The zero-order chi connectivity index (χ0) is 15.7. The summed E-state index contributed by atoms with van der Waals surface area (Å²) in [5.74, 6) is 0.0527. The maximum Gasteiger partial charge on any atom is 0.246 e. The molecule has 0 aliphatic carbocycles. The minimum absolute atomic E-state index is 0.0252. The third-order valence-corrected chi connectivity index (χ3v) is 4.78. The topological polar surface area (TPSA) is 61.9 Å². The van der Waals surface area contributed by atoms with Crippen molar-refractivity contribution in [2.45, 2.75) is 39.0 Å². The molecule has 6 heteroatoms. The molecule has 2 amide bonds. The second-order valence-corrected chi connectivity index (χ2v) is 6.42. The smallest absolute Gasteiger partial charge is 0.246 e. The lowest BCUT2D eigenvalue weighted by atomic mass is 9.87. The number of amides is 2. The van der Waals surface area contributed by atoms with Crippen molar-refractivity contribution in [3.63, 3.8) is 0 Å². The lowest BCUT2D eigenvalue weighted by Gasteiger charge is -2.38. The van der Waals surface area contributed by atoms with Crippen molar-refractivity contribution in [3.8, 4) is 0 Å². The predicted molar refractivity (Wildman–Crippen MR) is 79.7 cm³/mol. The first-order valence-electron chi connectivity index (χ1n) is 7.72. The maximum absolute atomic E-state index is 13.0. The van der Waals surface area contributed by atoms with E-state index in [9.17, 15) is 9.59 Å². The third-order valence-electron chi connectivity index (χ3n) is 4.78. The number of carbonyl (C=O) groups excluding carboxylic acids is 2. The molecular formula is C15H27N3O3. The quantitative estimate of drug-likeness (QED) is 0.775. The number of hydrogen-bond donors (Lipinski definition) is 1. The second-order valence-electron chi connectivity index (χ2n) is 6.42. The minimum atomic E-state index is -0.406. The van der Waals surface area contributed by atoms with Gasteiger partial charge in [0.15, 0.2) is 0 Å². The van der Waals surface area contributed by atoms with E-state index in [0.717, 1.165) is 6.54 Å². The van der Waals surface area contributed by atoms with E-state index in [1.54, 1.807) is 23.9 Å². The van der Waals surface area contributed by atoms with Gasteiger partial charge in [0.25, 0.3) is 0 Å². The molecule has 0 bridgehead atoms. The van der Waals surface area contributed by atoms with E-state index in [0.29, 0.717) is 13.1 Å². The van der Waals surface area contributed by atoms with E-state index in [4.69, 9.17) is 4.74 Å². The van der Waals surface area contributed by atoms with Crippen LogP contribution in [0, 0.1) is 11.8 Å². The van der Waals surface area contributed by atoms with Gasteiger partial charge in [-0.2, -0.15) is 0 Å². The summed E-state index contributed by atoms with van der Waals surface area (Å²) >= 11 is 0. The molecule has 21 heavy (non-hydrogen) atoms. The van der Waals surface area contributed by atoms with Crippen LogP contribution in [0.1, 0.15) is 20.8 Å². The fourth-order valence-electron chi connectivity index (χ4n) is 3.37. The van der Waals surface area contributed by atoms with E-state index in [1.807, 2.05) is 13.8 Å². The summed E-state index contributed by atoms with van der Waals surface area (Å²) in [6, 6.07) is -0.406. The Labute approximate surface area is 126 Å². The Bertz CT molecular complexity index is 413. The van der Waals surface area contributed by atoms with Crippen molar-refractivity contribution >= 4 is 11.8 Å². The number of ether oxygens (including phenoxy) is 1. The number of rotatable bonds is 2. The Morgan fingerprint density at radius 2 is 1.86 bits per heavy atom. The van der Waals surface area contributed by atoms with E-state index in [-0.39, 0.29) is 35.9 Å².